The first-order valence-corrected chi connectivity index (χ1v) is 9.26. The van der Waals surface area contributed by atoms with E-state index in [2.05, 4.69) is 56.0 Å². The molecule has 0 bridgehead atoms. The maximum atomic E-state index is 5.66. The first kappa shape index (κ1) is 18.0. The van der Waals surface area contributed by atoms with E-state index in [0.717, 1.165) is 18.3 Å². The van der Waals surface area contributed by atoms with Crippen LogP contribution in [-0.4, -0.2) is 6.61 Å². The molecule has 1 aliphatic carbocycles. The number of rotatable bonds is 9. The molecular formula is C22H32O. The topological polar surface area (TPSA) is 9.23 Å². The van der Waals surface area contributed by atoms with Crippen molar-refractivity contribution in [3.05, 3.63) is 60.2 Å². The highest BCUT2D eigenvalue weighted by atomic mass is 16.5. The number of benzene rings is 1. The lowest BCUT2D eigenvalue weighted by molar-refractivity contribution is 0.148. The van der Waals surface area contributed by atoms with E-state index >= 15 is 0 Å². The minimum atomic E-state index is 0.711. The average molecular weight is 312 g/mol. The van der Waals surface area contributed by atoms with Gasteiger partial charge in [-0.05, 0) is 67.9 Å². The molecule has 1 nitrogen and oxygen atoms in total. The molecular weight excluding hydrogens is 280 g/mol. The molecule has 23 heavy (non-hydrogen) atoms. The van der Waals surface area contributed by atoms with Gasteiger partial charge in [0.1, 0.15) is 0 Å². The lowest BCUT2D eigenvalue weighted by Gasteiger charge is -2.28. The molecule has 1 fully saturated rings. The predicted molar refractivity (Wildman–Crippen MR) is 99.7 cm³/mol. The van der Waals surface area contributed by atoms with Crippen molar-refractivity contribution in [1.29, 1.82) is 0 Å². The Bertz CT molecular complexity index is 463. The molecule has 0 N–H and O–H groups in total. The average Bonchev–Trinajstić information content (AvgIpc) is 2.61. The fourth-order valence-electron chi connectivity index (χ4n) is 3.50. The lowest BCUT2D eigenvalue weighted by Crippen LogP contribution is -2.13. The van der Waals surface area contributed by atoms with Gasteiger partial charge in [-0.1, -0.05) is 49.4 Å². The van der Waals surface area contributed by atoms with E-state index in [1.54, 1.807) is 0 Å². The zero-order chi connectivity index (χ0) is 16.3. The van der Waals surface area contributed by atoms with Gasteiger partial charge in [0.15, 0.2) is 0 Å². The molecule has 2 rings (SSSR count). The maximum Gasteiger partial charge on any atom is 0.0721 e. The van der Waals surface area contributed by atoms with Gasteiger partial charge in [-0.3, -0.25) is 0 Å². The van der Waals surface area contributed by atoms with Gasteiger partial charge in [0.25, 0.3) is 0 Å². The second kappa shape index (κ2) is 10.4. The molecule has 0 amide bonds. The summed E-state index contributed by atoms with van der Waals surface area (Å²) in [6, 6.07) is 9.11. The van der Waals surface area contributed by atoms with Crippen molar-refractivity contribution < 1.29 is 4.74 Å². The number of ether oxygens (including phenoxy) is 1. The van der Waals surface area contributed by atoms with Gasteiger partial charge in [0.2, 0.25) is 0 Å². The largest absolute Gasteiger partial charge is 0.373 e. The van der Waals surface area contributed by atoms with Crippen molar-refractivity contribution in [2.45, 2.75) is 64.4 Å². The first-order valence-electron chi connectivity index (χ1n) is 9.26. The number of hydrogen-bond donors (Lipinski definition) is 0. The highest BCUT2D eigenvalue weighted by molar-refractivity contribution is 5.25. The summed E-state index contributed by atoms with van der Waals surface area (Å²) in [6.07, 6.45) is 15.3. The molecule has 0 aromatic heterocycles. The molecule has 0 aliphatic heterocycles. The zero-order valence-electron chi connectivity index (χ0n) is 14.7. The van der Waals surface area contributed by atoms with E-state index in [4.69, 9.17) is 4.74 Å². The van der Waals surface area contributed by atoms with Crippen LogP contribution in [0.5, 0.6) is 0 Å². The molecule has 0 spiro atoms. The summed E-state index contributed by atoms with van der Waals surface area (Å²) in [5, 5.41) is 0. The molecule has 0 unspecified atom stereocenters. The maximum absolute atomic E-state index is 5.66. The summed E-state index contributed by atoms with van der Waals surface area (Å²) in [5.74, 6) is 1.69. The Morgan fingerprint density at radius 3 is 2.48 bits per heavy atom. The van der Waals surface area contributed by atoms with Crippen LogP contribution in [0, 0.1) is 5.92 Å². The third-order valence-corrected chi connectivity index (χ3v) is 4.96. The van der Waals surface area contributed by atoms with Gasteiger partial charge >= 0.3 is 0 Å². The summed E-state index contributed by atoms with van der Waals surface area (Å²) in [4.78, 5) is 0. The van der Waals surface area contributed by atoms with Gasteiger partial charge < -0.3 is 4.74 Å². The zero-order valence-corrected chi connectivity index (χ0v) is 14.7. The minimum absolute atomic E-state index is 0.711. The summed E-state index contributed by atoms with van der Waals surface area (Å²) < 4.78 is 5.66. The van der Waals surface area contributed by atoms with Gasteiger partial charge in [0.05, 0.1) is 13.2 Å². The molecule has 1 aromatic rings. The molecule has 126 valence electrons. The van der Waals surface area contributed by atoms with Crippen LogP contribution < -0.4 is 0 Å². The standard InChI is InChI=1S/C22H32O/c1-3-5-7-17-23-18-20-11-15-22(16-12-20)21-13-9-19(10-14-21)8-6-4-2/h4-5,7,11-12,15-16,19,21H,2-3,6,8-10,13-14,17-18H2,1H3/b7-5+/t19-,21-. The van der Waals surface area contributed by atoms with Crippen LogP contribution in [0.1, 0.15) is 68.9 Å². The minimum Gasteiger partial charge on any atom is -0.373 e. The van der Waals surface area contributed by atoms with Crippen LogP contribution in [0.15, 0.2) is 49.1 Å². The lowest BCUT2D eigenvalue weighted by atomic mass is 9.77. The molecule has 1 aromatic carbocycles. The van der Waals surface area contributed by atoms with E-state index in [1.807, 2.05) is 0 Å². The van der Waals surface area contributed by atoms with Crippen molar-refractivity contribution in [3.8, 4) is 0 Å². The smallest absolute Gasteiger partial charge is 0.0721 e. The Balaban J connectivity index is 1.74. The van der Waals surface area contributed by atoms with Gasteiger partial charge in [-0.15, -0.1) is 6.58 Å². The Morgan fingerprint density at radius 1 is 1.09 bits per heavy atom. The van der Waals surface area contributed by atoms with Crippen LogP contribution in [0.4, 0.5) is 0 Å². The fourth-order valence-corrected chi connectivity index (χ4v) is 3.50. The van der Waals surface area contributed by atoms with Crippen molar-refractivity contribution >= 4 is 0 Å². The summed E-state index contributed by atoms with van der Waals surface area (Å²) in [7, 11) is 0. The third kappa shape index (κ3) is 6.35. The van der Waals surface area contributed by atoms with Gasteiger partial charge in [0, 0.05) is 0 Å². The van der Waals surface area contributed by atoms with E-state index in [9.17, 15) is 0 Å². The number of hydrogen-bond acceptors (Lipinski definition) is 1. The third-order valence-electron chi connectivity index (χ3n) is 4.96. The van der Waals surface area contributed by atoms with Crippen LogP contribution >= 0.6 is 0 Å². The van der Waals surface area contributed by atoms with E-state index < -0.39 is 0 Å². The van der Waals surface area contributed by atoms with Crippen molar-refractivity contribution in [2.75, 3.05) is 6.61 Å². The first-order chi connectivity index (χ1) is 11.3. The molecule has 1 saturated carbocycles. The summed E-state index contributed by atoms with van der Waals surface area (Å²) in [5.41, 5.74) is 2.79. The van der Waals surface area contributed by atoms with Crippen LogP contribution in [0.25, 0.3) is 0 Å². The Kier molecular flexibility index (Phi) is 8.17. The highest BCUT2D eigenvalue weighted by Crippen LogP contribution is 2.37. The quantitative estimate of drug-likeness (QED) is 0.378. The van der Waals surface area contributed by atoms with Crippen LogP contribution in [0.3, 0.4) is 0 Å². The molecule has 1 heteroatoms. The van der Waals surface area contributed by atoms with Gasteiger partial charge in [-0.25, -0.2) is 0 Å². The van der Waals surface area contributed by atoms with Crippen LogP contribution in [0.2, 0.25) is 0 Å². The van der Waals surface area contributed by atoms with E-state index in [1.165, 1.54) is 49.7 Å². The van der Waals surface area contributed by atoms with Crippen LogP contribution in [-0.2, 0) is 11.3 Å². The summed E-state index contributed by atoms with van der Waals surface area (Å²) >= 11 is 0. The fraction of sp³-hybridized carbons (Fsp3) is 0.545. The Labute approximate surface area is 142 Å². The number of allylic oxidation sites excluding steroid dienone is 2. The molecule has 0 saturated heterocycles. The summed E-state index contributed by atoms with van der Waals surface area (Å²) in [6.45, 7) is 7.40. The molecule has 0 atom stereocenters. The molecule has 0 heterocycles. The second-order valence-electron chi connectivity index (χ2n) is 6.72. The van der Waals surface area contributed by atoms with Gasteiger partial charge in [-0.2, -0.15) is 0 Å². The molecule has 0 radical (unpaired) electrons. The molecule has 1 aliphatic rings. The van der Waals surface area contributed by atoms with E-state index in [-0.39, 0.29) is 0 Å². The second-order valence-corrected chi connectivity index (χ2v) is 6.72. The Morgan fingerprint density at radius 2 is 1.83 bits per heavy atom. The highest BCUT2D eigenvalue weighted by Gasteiger charge is 2.21. The Hall–Kier alpha value is -1.34. The van der Waals surface area contributed by atoms with Crippen molar-refractivity contribution in [3.63, 3.8) is 0 Å². The predicted octanol–water partition coefficient (Wildman–Crippen LogP) is 6.41. The normalized spacial score (nSPS) is 21.6. The SMILES string of the molecule is C=CCC[C@H]1CC[C@H](c2ccc(COC/C=C/CC)cc2)CC1. The monoisotopic (exact) mass is 312 g/mol. The van der Waals surface area contributed by atoms with E-state index in [0.29, 0.717) is 13.2 Å². The van der Waals surface area contributed by atoms with Crippen molar-refractivity contribution in [1.82, 2.24) is 0 Å². The van der Waals surface area contributed by atoms with Crippen molar-refractivity contribution in [2.24, 2.45) is 5.92 Å².